The number of alkyl halides is 6. The van der Waals surface area contributed by atoms with Gasteiger partial charge in [-0.15, -0.1) is 0 Å². The number of thiophene rings is 1. The molecule has 1 aromatic carbocycles. The fourth-order valence-corrected chi connectivity index (χ4v) is 2.89. The van der Waals surface area contributed by atoms with Gasteiger partial charge in [0.15, 0.2) is 0 Å². The average molecular weight is 435 g/mol. The van der Waals surface area contributed by atoms with E-state index in [1.54, 1.807) is 0 Å². The van der Waals surface area contributed by atoms with Crippen molar-refractivity contribution >= 4 is 28.5 Å². The third-order valence-electron chi connectivity index (χ3n) is 3.49. The number of benzene rings is 1. The molecule has 13 heteroatoms. The lowest BCUT2D eigenvalue weighted by atomic mass is 10.0. The van der Waals surface area contributed by atoms with Crippen LogP contribution in [0.25, 0.3) is 23.5 Å². The first-order chi connectivity index (χ1) is 13.4. The molecule has 152 valence electrons. The van der Waals surface area contributed by atoms with Crippen molar-refractivity contribution in [3.8, 4) is 11.4 Å². The Morgan fingerprint density at radius 3 is 2.14 bits per heavy atom. The fourth-order valence-electron chi connectivity index (χ4n) is 2.19. The van der Waals surface area contributed by atoms with Crippen LogP contribution in [0.15, 0.2) is 34.2 Å². The number of nitro groups is 1. The van der Waals surface area contributed by atoms with Crippen molar-refractivity contribution < 1.29 is 35.8 Å². The molecule has 3 rings (SSSR count). The number of hydrogen-bond acceptors (Lipinski definition) is 6. The lowest BCUT2D eigenvalue weighted by molar-refractivity contribution is -0.380. The van der Waals surface area contributed by atoms with Crippen molar-refractivity contribution in [3.05, 3.63) is 62.3 Å². The van der Waals surface area contributed by atoms with E-state index in [1.807, 2.05) is 0 Å². The molecule has 2 heterocycles. The highest BCUT2D eigenvalue weighted by Crippen LogP contribution is 2.38. The molecule has 0 saturated carbocycles. The molecule has 6 nitrogen and oxygen atoms in total. The maximum atomic E-state index is 12.9. The number of halogens is 6. The van der Waals surface area contributed by atoms with E-state index in [2.05, 4.69) is 10.1 Å². The van der Waals surface area contributed by atoms with Gasteiger partial charge in [0, 0.05) is 23.1 Å². The van der Waals surface area contributed by atoms with Gasteiger partial charge >= 0.3 is 17.4 Å². The Bertz CT molecular complexity index is 1050. The van der Waals surface area contributed by atoms with E-state index in [9.17, 15) is 36.5 Å². The van der Waals surface area contributed by atoms with Gasteiger partial charge in [0.25, 0.3) is 5.89 Å². The molecule has 2 aromatic heterocycles. The Balaban J connectivity index is 1.93. The lowest BCUT2D eigenvalue weighted by Gasteiger charge is -2.12. The highest BCUT2D eigenvalue weighted by atomic mass is 32.1. The van der Waals surface area contributed by atoms with Gasteiger partial charge in [-0.05, 0) is 29.8 Å². The first kappa shape index (κ1) is 20.5. The molecule has 0 atom stereocenters. The van der Waals surface area contributed by atoms with Crippen molar-refractivity contribution in [1.29, 1.82) is 0 Å². The Labute approximate surface area is 161 Å². The maximum absolute atomic E-state index is 12.9. The van der Waals surface area contributed by atoms with Gasteiger partial charge in [-0.25, -0.2) is 0 Å². The number of rotatable bonds is 4. The minimum atomic E-state index is -5.00. The minimum Gasteiger partial charge on any atom is -0.334 e. The van der Waals surface area contributed by atoms with E-state index in [4.69, 9.17) is 4.52 Å². The fraction of sp³-hybridized carbons (Fsp3) is 0.125. The first-order valence-corrected chi connectivity index (χ1v) is 8.36. The summed E-state index contributed by atoms with van der Waals surface area (Å²) in [5, 5.41) is 15.4. The average Bonchev–Trinajstić information content (AvgIpc) is 3.27. The van der Waals surface area contributed by atoms with Gasteiger partial charge in [-0.2, -0.15) is 31.3 Å². The molecule has 0 amide bonds. The van der Waals surface area contributed by atoms with Crippen molar-refractivity contribution in [1.82, 2.24) is 10.1 Å². The summed E-state index contributed by atoms with van der Waals surface area (Å²) >= 11 is 0.873. The summed E-state index contributed by atoms with van der Waals surface area (Å²) in [5.74, 6) is -0.683. The zero-order chi connectivity index (χ0) is 21.4. The van der Waals surface area contributed by atoms with Crippen molar-refractivity contribution in [2.45, 2.75) is 12.4 Å². The third-order valence-corrected chi connectivity index (χ3v) is 4.39. The van der Waals surface area contributed by atoms with Crippen molar-refractivity contribution in [3.63, 3.8) is 0 Å². The third kappa shape index (κ3) is 4.80. The molecule has 0 bridgehead atoms. The second-order valence-electron chi connectivity index (χ2n) is 5.56. The molecule has 0 radical (unpaired) electrons. The van der Waals surface area contributed by atoms with Gasteiger partial charge < -0.3 is 4.52 Å². The quantitative estimate of drug-likeness (QED) is 0.289. The molecule has 0 aliphatic heterocycles. The highest BCUT2D eigenvalue weighted by molar-refractivity contribution is 7.13. The Hall–Kier alpha value is -3.22. The Morgan fingerprint density at radius 1 is 1.00 bits per heavy atom. The van der Waals surface area contributed by atoms with E-state index < -0.39 is 39.8 Å². The molecule has 0 aliphatic carbocycles. The highest BCUT2D eigenvalue weighted by Gasteiger charge is 2.37. The van der Waals surface area contributed by atoms with Gasteiger partial charge in [0.1, 0.15) is 0 Å². The van der Waals surface area contributed by atoms with Crippen LogP contribution >= 0.6 is 11.3 Å². The van der Waals surface area contributed by atoms with Gasteiger partial charge in [0.05, 0.1) is 16.1 Å². The van der Waals surface area contributed by atoms with Gasteiger partial charge in [-0.3, -0.25) is 10.1 Å². The van der Waals surface area contributed by atoms with Crippen LogP contribution < -0.4 is 0 Å². The molecular weight excluding hydrogens is 428 g/mol. The first-order valence-electron chi connectivity index (χ1n) is 7.48. The summed E-state index contributed by atoms with van der Waals surface area (Å²) in [4.78, 5) is 13.8. The van der Waals surface area contributed by atoms with Crippen LogP contribution in [0.3, 0.4) is 0 Å². The van der Waals surface area contributed by atoms with Gasteiger partial charge in [-0.1, -0.05) is 16.5 Å². The molecule has 0 N–H and O–H groups in total. The number of aromatic nitrogens is 2. The van der Waals surface area contributed by atoms with Crippen LogP contribution in [0, 0.1) is 10.1 Å². The van der Waals surface area contributed by atoms with Crippen molar-refractivity contribution in [2.75, 3.05) is 0 Å². The Kier molecular flexibility index (Phi) is 5.17. The maximum Gasteiger partial charge on any atom is 0.416 e. The van der Waals surface area contributed by atoms with Crippen LogP contribution in [-0.4, -0.2) is 15.1 Å². The molecular formula is C16H7F6N3O3S. The van der Waals surface area contributed by atoms with Crippen LogP contribution in [0.1, 0.15) is 22.6 Å². The SMILES string of the molecule is O=[N+]([O-])c1cc(C=Cc2nc(-c3cc(C(F)(F)F)cc(C(F)(F)F)c3)no2)cs1. The topological polar surface area (TPSA) is 82.1 Å². The number of nitrogens with zero attached hydrogens (tertiary/aromatic N) is 3. The summed E-state index contributed by atoms with van der Waals surface area (Å²) in [6.45, 7) is 0. The predicted molar refractivity (Wildman–Crippen MR) is 89.6 cm³/mol. The largest absolute Gasteiger partial charge is 0.416 e. The molecule has 0 fully saturated rings. The minimum absolute atomic E-state index is 0.00608. The van der Waals surface area contributed by atoms with Gasteiger partial charge in [0.2, 0.25) is 5.82 Å². The van der Waals surface area contributed by atoms with Crippen LogP contribution in [0.4, 0.5) is 31.3 Å². The normalized spacial score (nSPS) is 12.6. The van der Waals surface area contributed by atoms with Crippen LogP contribution in [0.5, 0.6) is 0 Å². The van der Waals surface area contributed by atoms with Crippen molar-refractivity contribution in [2.24, 2.45) is 0 Å². The van der Waals surface area contributed by atoms with E-state index in [-0.39, 0.29) is 17.0 Å². The lowest BCUT2D eigenvalue weighted by Crippen LogP contribution is -2.11. The molecule has 3 aromatic rings. The zero-order valence-electron chi connectivity index (χ0n) is 13.8. The van der Waals surface area contributed by atoms with E-state index >= 15 is 0 Å². The molecule has 0 aliphatic rings. The molecule has 0 saturated heterocycles. The van der Waals surface area contributed by atoms with E-state index in [0.29, 0.717) is 17.7 Å². The van der Waals surface area contributed by atoms with Crippen LogP contribution in [-0.2, 0) is 12.4 Å². The predicted octanol–water partition coefficient (Wildman–Crippen LogP) is 5.91. The van der Waals surface area contributed by atoms with E-state index in [1.165, 1.54) is 23.6 Å². The summed E-state index contributed by atoms with van der Waals surface area (Å²) < 4.78 is 82.4. The second-order valence-corrected chi connectivity index (χ2v) is 6.45. The monoisotopic (exact) mass is 435 g/mol. The Morgan fingerprint density at radius 2 is 1.62 bits per heavy atom. The van der Waals surface area contributed by atoms with E-state index in [0.717, 1.165) is 11.3 Å². The van der Waals surface area contributed by atoms with Crippen LogP contribution in [0.2, 0.25) is 0 Å². The molecule has 0 spiro atoms. The second kappa shape index (κ2) is 7.31. The standard InChI is InChI=1S/C16H7F6N3O3S/c17-15(18,19)10-4-9(5-11(6-10)16(20,21)22)14-23-12(28-24-14)2-1-8-3-13(25(26)27)29-7-8/h1-7H. The summed E-state index contributed by atoms with van der Waals surface area (Å²) in [7, 11) is 0. The summed E-state index contributed by atoms with van der Waals surface area (Å²) in [6, 6.07) is 2.22. The zero-order valence-corrected chi connectivity index (χ0v) is 14.6. The summed E-state index contributed by atoms with van der Waals surface area (Å²) in [5.41, 5.74) is -3.11. The summed E-state index contributed by atoms with van der Waals surface area (Å²) in [6.07, 6.45) is -7.42. The molecule has 29 heavy (non-hydrogen) atoms. The smallest absolute Gasteiger partial charge is 0.334 e. The molecule has 0 unspecified atom stereocenters. The number of hydrogen-bond donors (Lipinski definition) is 0.